The maximum atomic E-state index is 13.3. The maximum Gasteiger partial charge on any atom is 0.271 e. The van der Waals surface area contributed by atoms with Crippen molar-refractivity contribution in [2.45, 2.75) is 34.1 Å². The molecule has 0 saturated carbocycles. The zero-order chi connectivity index (χ0) is 21.7. The van der Waals surface area contributed by atoms with Crippen molar-refractivity contribution in [2.24, 2.45) is 4.99 Å². The number of aryl methyl sites for hydroxylation is 2. The molecule has 0 aromatic heterocycles. The predicted octanol–water partition coefficient (Wildman–Crippen LogP) is 4.87. The number of ether oxygens (including phenoxy) is 1. The summed E-state index contributed by atoms with van der Waals surface area (Å²) < 4.78 is 5.52. The zero-order valence-electron chi connectivity index (χ0n) is 17.9. The summed E-state index contributed by atoms with van der Waals surface area (Å²) in [6, 6.07) is 11.8. The van der Waals surface area contributed by atoms with Gasteiger partial charge < -0.3 is 9.84 Å². The Kier molecular flexibility index (Phi) is 7.34. The zero-order valence-corrected chi connectivity index (χ0v) is 18.8. The second-order valence-corrected chi connectivity index (χ2v) is 8.24. The first-order chi connectivity index (χ1) is 14.5. The van der Waals surface area contributed by atoms with Gasteiger partial charge in [0.1, 0.15) is 12.4 Å². The van der Waals surface area contributed by atoms with Crippen LogP contribution in [0.15, 0.2) is 46.3 Å². The lowest BCUT2D eigenvalue weighted by Crippen LogP contribution is -2.29. The molecule has 3 rings (SSSR count). The fraction of sp³-hybridized carbons (Fsp3) is 0.333. The van der Waals surface area contributed by atoms with E-state index < -0.39 is 0 Å². The Balaban J connectivity index is 1.96. The SMILES string of the molecule is CCCN=C1S/C(=C\c2ccc(OCCO)c(C)c2)C(=O)N1c1cccc(C)c1C. The fourth-order valence-corrected chi connectivity index (χ4v) is 4.21. The highest BCUT2D eigenvalue weighted by atomic mass is 32.2. The Morgan fingerprint density at radius 1 is 1.17 bits per heavy atom. The van der Waals surface area contributed by atoms with Gasteiger partial charge in [-0.05, 0) is 85.5 Å². The first-order valence-corrected chi connectivity index (χ1v) is 11.0. The smallest absolute Gasteiger partial charge is 0.271 e. The lowest BCUT2D eigenvalue weighted by molar-refractivity contribution is -0.113. The van der Waals surface area contributed by atoms with E-state index in [-0.39, 0.29) is 19.1 Å². The number of aliphatic hydroxyl groups is 1. The molecular formula is C24H28N2O3S. The third-order valence-corrected chi connectivity index (χ3v) is 5.95. The summed E-state index contributed by atoms with van der Waals surface area (Å²) in [6.45, 7) is 9.04. The van der Waals surface area contributed by atoms with Gasteiger partial charge in [-0.25, -0.2) is 0 Å². The van der Waals surface area contributed by atoms with Gasteiger partial charge in [0.05, 0.1) is 17.2 Å². The van der Waals surface area contributed by atoms with Crippen molar-refractivity contribution in [1.29, 1.82) is 0 Å². The molecule has 1 fully saturated rings. The number of amidine groups is 1. The number of anilines is 1. The van der Waals surface area contributed by atoms with Gasteiger partial charge >= 0.3 is 0 Å². The van der Waals surface area contributed by atoms with Crippen LogP contribution >= 0.6 is 11.8 Å². The third-order valence-electron chi connectivity index (χ3n) is 4.94. The number of thioether (sulfide) groups is 1. The number of hydrogen-bond donors (Lipinski definition) is 1. The Morgan fingerprint density at radius 2 is 1.97 bits per heavy atom. The average molecular weight is 425 g/mol. The molecular weight excluding hydrogens is 396 g/mol. The standard InChI is InChI=1S/C24H28N2O3S/c1-5-11-25-24-26(20-8-6-7-16(2)18(20)4)23(28)22(30-24)15-19-9-10-21(17(3)14-19)29-13-12-27/h6-10,14-15,27H,5,11-13H2,1-4H3/b22-15-,25-24?. The Bertz CT molecular complexity index is 998. The maximum absolute atomic E-state index is 13.3. The summed E-state index contributed by atoms with van der Waals surface area (Å²) in [6.07, 6.45) is 2.83. The van der Waals surface area contributed by atoms with Gasteiger partial charge in [0.2, 0.25) is 0 Å². The second-order valence-electron chi connectivity index (χ2n) is 7.23. The highest BCUT2D eigenvalue weighted by molar-refractivity contribution is 8.19. The molecule has 0 atom stereocenters. The molecule has 1 aliphatic heterocycles. The quantitative estimate of drug-likeness (QED) is 0.644. The monoisotopic (exact) mass is 424 g/mol. The molecule has 1 heterocycles. The molecule has 158 valence electrons. The molecule has 1 amide bonds. The molecule has 30 heavy (non-hydrogen) atoms. The van der Waals surface area contributed by atoms with Crippen LogP contribution < -0.4 is 9.64 Å². The van der Waals surface area contributed by atoms with Crippen LogP contribution in [-0.4, -0.2) is 35.9 Å². The van der Waals surface area contributed by atoms with E-state index in [0.29, 0.717) is 11.4 Å². The molecule has 0 bridgehead atoms. The summed E-state index contributed by atoms with van der Waals surface area (Å²) in [4.78, 5) is 20.4. The predicted molar refractivity (Wildman–Crippen MR) is 125 cm³/mol. The van der Waals surface area contributed by atoms with Crippen molar-refractivity contribution < 1.29 is 14.6 Å². The molecule has 1 N–H and O–H groups in total. The molecule has 6 heteroatoms. The van der Waals surface area contributed by atoms with Crippen molar-refractivity contribution in [3.05, 3.63) is 63.6 Å². The number of nitrogens with zero attached hydrogens (tertiary/aromatic N) is 2. The Morgan fingerprint density at radius 3 is 2.67 bits per heavy atom. The molecule has 1 saturated heterocycles. The molecule has 0 unspecified atom stereocenters. The van der Waals surface area contributed by atoms with Crippen molar-refractivity contribution in [3.63, 3.8) is 0 Å². The van der Waals surface area contributed by atoms with E-state index in [1.165, 1.54) is 11.8 Å². The average Bonchev–Trinajstić information content (AvgIpc) is 3.03. The largest absolute Gasteiger partial charge is 0.491 e. The number of rotatable bonds is 7. The molecule has 0 aliphatic carbocycles. The number of amides is 1. The molecule has 0 spiro atoms. The number of benzene rings is 2. The van der Waals surface area contributed by atoms with Crippen molar-refractivity contribution in [2.75, 3.05) is 24.7 Å². The van der Waals surface area contributed by atoms with Gasteiger partial charge in [-0.2, -0.15) is 0 Å². The van der Waals surface area contributed by atoms with Crippen LogP contribution in [0.3, 0.4) is 0 Å². The normalized spacial score (nSPS) is 16.7. The van der Waals surface area contributed by atoms with Crippen LogP contribution in [-0.2, 0) is 4.79 Å². The molecule has 0 radical (unpaired) electrons. The van der Waals surface area contributed by atoms with Crippen LogP contribution in [0.4, 0.5) is 5.69 Å². The molecule has 5 nitrogen and oxygen atoms in total. The minimum absolute atomic E-state index is 0.0233. The van der Waals surface area contributed by atoms with Crippen LogP contribution in [0.25, 0.3) is 6.08 Å². The van der Waals surface area contributed by atoms with Gasteiger partial charge in [-0.3, -0.25) is 14.7 Å². The van der Waals surface area contributed by atoms with E-state index in [9.17, 15) is 4.79 Å². The molecule has 1 aliphatic rings. The van der Waals surface area contributed by atoms with E-state index in [2.05, 4.69) is 24.9 Å². The number of carbonyl (C=O) groups excluding carboxylic acids is 1. The van der Waals surface area contributed by atoms with Crippen molar-refractivity contribution in [3.8, 4) is 5.75 Å². The van der Waals surface area contributed by atoms with Crippen LogP contribution in [0, 0.1) is 20.8 Å². The van der Waals surface area contributed by atoms with Crippen molar-refractivity contribution >= 4 is 34.6 Å². The summed E-state index contributed by atoms with van der Waals surface area (Å²) in [5, 5.41) is 9.67. The lowest BCUT2D eigenvalue weighted by Gasteiger charge is -2.19. The summed E-state index contributed by atoms with van der Waals surface area (Å²) in [7, 11) is 0. The summed E-state index contributed by atoms with van der Waals surface area (Å²) in [5.74, 6) is 0.681. The number of aliphatic imine (C=N–C) groups is 1. The number of carbonyl (C=O) groups is 1. The van der Waals surface area contributed by atoms with E-state index >= 15 is 0 Å². The van der Waals surface area contributed by atoms with E-state index in [1.54, 1.807) is 4.90 Å². The van der Waals surface area contributed by atoms with Gasteiger partial charge in [-0.15, -0.1) is 0 Å². The lowest BCUT2D eigenvalue weighted by atomic mass is 10.1. The first kappa shape index (κ1) is 22.1. The van der Waals surface area contributed by atoms with Crippen LogP contribution in [0.1, 0.15) is 35.6 Å². The Labute approximate surface area is 182 Å². The Hall–Kier alpha value is -2.57. The fourth-order valence-electron chi connectivity index (χ4n) is 3.21. The third kappa shape index (κ3) is 4.77. The second kappa shape index (κ2) is 9.96. The van der Waals surface area contributed by atoms with E-state index in [4.69, 9.17) is 9.84 Å². The van der Waals surface area contributed by atoms with Crippen LogP contribution in [0.2, 0.25) is 0 Å². The highest BCUT2D eigenvalue weighted by Gasteiger charge is 2.35. The topological polar surface area (TPSA) is 62.1 Å². The van der Waals surface area contributed by atoms with Crippen molar-refractivity contribution in [1.82, 2.24) is 0 Å². The van der Waals surface area contributed by atoms with Gasteiger partial charge in [0.25, 0.3) is 5.91 Å². The molecule has 2 aromatic carbocycles. The van der Waals surface area contributed by atoms with E-state index in [0.717, 1.165) is 45.3 Å². The minimum Gasteiger partial charge on any atom is -0.491 e. The molecule has 2 aromatic rings. The number of hydrogen-bond acceptors (Lipinski definition) is 5. The van der Waals surface area contributed by atoms with E-state index in [1.807, 2.05) is 50.3 Å². The van der Waals surface area contributed by atoms with Crippen LogP contribution in [0.5, 0.6) is 5.75 Å². The summed E-state index contributed by atoms with van der Waals surface area (Å²) >= 11 is 1.42. The first-order valence-electron chi connectivity index (χ1n) is 10.1. The van der Waals surface area contributed by atoms with Gasteiger partial charge in [0, 0.05) is 6.54 Å². The number of aliphatic hydroxyl groups excluding tert-OH is 1. The van der Waals surface area contributed by atoms with Gasteiger partial charge in [-0.1, -0.05) is 25.1 Å². The minimum atomic E-state index is -0.0539. The highest BCUT2D eigenvalue weighted by Crippen LogP contribution is 2.38. The van der Waals surface area contributed by atoms with Gasteiger partial charge in [0.15, 0.2) is 5.17 Å². The summed E-state index contributed by atoms with van der Waals surface area (Å²) in [5.41, 5.74) is 5.00.